The topological polar surface area (TPSA) is 52.4 Å². The van der Waals surface area contributed by atoms with Gasteiger partial charge in [0.2, 0.25) is 11.6 Å². The van der Waals surface area contributed by atoms with Crippen LogP contribution in [0.25, 0.3) is 0 Å². The maximum absolute atomic E-state index is 13.2. The Morgan fingerprint density at radius 2 is 2.19 bits per heavy atom. The van der Waals surface area contributed by atoms with Gasteiger partial charge in [-0.3, -0.25) is 10.1 Å². The number of halogens is 1. The van der Waals surface area contributed by atoms with Crippen molar-refractivity contribution in [1.82, 2.24) is 0 Å². The van der Waals surface area contributed by atoms with E-state index in [1.807, 2.05) is 0 Å². The Kier molecular flexibility index (Phi) is 3.14. The number of hydrogen-bond donors (Lipinski definition) is 0. The monoisotopic (exact) mass is 223 g/mol. The van der Waals surface area contributed by atoms with Crippen molar-refractivity contribution < 1.29 is 14.1 Å². The number of ether oxygens (including phenoxy) is 1. The average Bonchev–Trinajstić information content (AvgIpc) is 2.16. The summed E-state index contributed by atoms with van der Waals surface area (Å²) in [4.78, 5) is 9.81. The highest BCUT2D eigenvalue weighted by Gasteiger charge is 2.26. The molecule has 16 heavy (non-hydrogen) atoms. The summed E-state index contributed by atoms with van der Waals surface area (Å²) in [7, 11) is 0. The summed E-state index contributed by atoms with van der Waals surface area (Å²) in [6, 6.07) is 3.62. The molecule has 0 unspecified atom stereocenters. The molecule has 1 aromatic rings. The molecule has 84 valence electrons. The van der Waals surface area contributed by atoms with Crippen LogP contribution in [-0.4, -0.2) is 10.5 Å². The van der Waals surface area contributed by atoms with Crippen molar-refractivity contribution in [2.24, 2.45) is 0 Å². The van der Waals surface area contributed by atoms with Crippen LogP contribution >= 0.6 is 0 Å². The quantitative estimate of drug-likeness (QED) is 0.449. The van der Waals surface area contributed by atoms with Crippen LogP contribution < -0.4 is 4.74 Å². The van der Waals surface area contributed by atoms with Gasteiger partial charge in [-0.05, 0) is 26.0 Å². The van der Waals surface area contributed by atoms with Gasteiger partial charge >= 0.3 is 5.69 Å². The van der Waals surface area contributed by atoms with Crippen LogP contribution in [0, 0.1) is 28.3 Å². The van der Waals surface area contributed by atoms with Crippen molar-refractivity contribution in [3.63, 3.8) is 0 Å². The minimum absolute atomic E-state index is 0.173. The molecule has 4 nitrogen and oxygen atoms in total. The highest BCUT2D eigenvalue weighted by molar-refractivity contribution is 5.47. The Balaban J connectivity index is 3.21. The first kappa shape index (κ1) is 12.0. The summed E-state index contributed by atoms with van der Waals surface area (Å²) in [5.74, 6) is 1.19. The van der Waals surface area contributed by atoms with Crippen LogP contribution in [-0.2, 0) is 0 Å². The fourth-order valence-corrected chi connectivity index (χ4v) is 1.06. The molecule has 0 heterocycles. The minimum Gasteiger partial charge on any atom is -0.468 e. The van der Waals surface area contributed by atoms with E-state index in [4.69, 9.17) is 11.2 Å². The van der Waals surface area contributed by atoms with Gasteiger partial charge in [0.1, 0.15) is 0 Å². The van der Waals surface area contributed by atoms with Crippen LogP contribution in [0.4, 0.5) is 10.1 Å². The van der Waals surface area contributed by atoms with E-state index in [0.717, 1.165) is 6.07 Å². The summed E-state index contributed by atoms with van der Waals surface area (Å²) in [5.41, 5.74) is -1.73. The van der Waals surface area contributed by atoms with Crippen molar-refractivity contribution in [2.75, 3.05) is 0 Å². The Bertz CT molecular complexity index is 463. The number of hydrogen-bond acceptors (Lipinski definition) is 3. The molecule has 0 aliphatic carbocycles. The lowest BCUT2D eigenvalue weighted by Crippen LogP contribution is -2.26. The fraction of sp³-hybridized carbons (Fsp3) is 0.273. The van der Waals surface area contributed by atoms with Crippen LogP contribution in [0.3, 0.4) is 0 Å². The lowest BCUT2D eigenvalue weighted by atomic mass is 10.1. The summed E-state index contributed by atoms with van der Waals surface area (Å²) in [6.45, 7) is 3.11. The number of terminal acetylenes is 1. The molecule has 0 aromatic heterocycles. The third-order valence-corrected chi connectivity index (χ3v) is 1.85. The van der Waals surface area contributed by atoms with Crippen LogP contribution in [0.5, 0.6) is 5.75 Å². The number of rotatable bonds is 3. The third-order valence-electron chi connectivity index (χ3n) is 1.85. The molecule has 0 spiro atoms. The van der Waals surface area contributed by atoms with E-state index in [-0.39, 0.29) is 5.75 Å². The van der Waals surface area contributed by atoms with Crippen LogP contribution in [0.2, 0.25) is 0 Å². The molecule has 0 bridgehead atoms. The molecule has 0 saturated carbocycles. The molecular formula is C11H10FNO3. The zero-order chi connectivity index (χ0) is 12.3. The first-order chi connectivity index (χ1) is 7.37. The molecule has 5 heteroatoms. The summed E-state index contributed by atoms with van der Waals surface area (Å²) < 4.78 is 18.4. The molecule has 0 radical (unpaired) electrons. The zero-order valence-electron chi connectivity index (χ0n) is 8.86. The maximum Gasteiger partial charge on any atom is 0.346 e. The third kappa shape index (κ3) is 2.48. The van der Waals surface area contributed by atoms with E-state index in [1.165, 1.54) is 12.1 Å². The van der Waals surface area contributed by atoms with Crippen molar-refractivity contribution >= 4 is 5.69 Å². The van der Waals surface area contributed by atoms with Gasteiger partial charge in [0.05, 0.1) is 4.92 Å². The normalized spacial score (nSPS) is 10.6. The number of para-hydroxylation sites is 1. The summed E-state index contributed by atoms with van der Waals surface area (Å²) >= 11 is 0. The van der Waals surface area contributed by atoms with E-state index in [2.05, 4.69) is 5.92 Å². The van der Waals surface area contributed by atoms with Gasteiger partial charge in [0, 0.05) is 0 Å². The van der Waals surface area contributed by atoms with E-state index >= 15 is 0 Å². The van der Waals surface area contributed by atoms with E-state index in [0.29, 0.717) is 0 Å². The predicted molar refractivity (Wildman–Crippen MR) is 56.6 cm³/mol. The van der Waals surface area contributed by atoms with Gasteiger partial charge in [0.25, 0.3) is 0 Å². The second-order valence-electron chi connectivity index (χ2n) is 3.60. The summed E-state index contributed by atoms with van der Waals surface area (Å²) in [5, 5.41) is 10.7. The molecule has 0 aliphatic rings. The smallest absolute Gasteiger partial charge is 0.346 e. The second kappa shape index (κ2) is 4.19. The number of nitro groups is 1. The SMILES string of the molecule is C#CC(C)(C)Oc1cccc(F)c1[N+](=O)[O-]. The molecule has 0 N–H and O–H groups in total. The van der Waals surface area contributed by atoms with Crippen LogP contribution in [0.1, 0.15) is 13.8 Å². The lowest BCUT2D eigenvalue weighted by molar-refractivity contribution is -0.388. The number of nitro benzene ring substituents is 1. The van der Waals surface area contributed by atoms with Gasteiger partial charge < -0.3 is 4.74 Å². The Labute approximate surface area is 92.2 Å². The van der Waals surface area contributed by atoms with Gasteiger partial charge in [-0.2, -0.15) is 4.39 Å². The molecule has 0 amide bonds. The van der Waals surface area contributed by atoms with Gasteiger partial charge in [-0.25, -0.2) is 0 Å². The van der Waals surface area contributed by atoms with Gasteiger partial charge in [0.15, 0.2) is 5.60 Å². The first-order valence-electron chi connectivity index (χ1n) is 4.47. The van der Waals surface area contributed by atoms with E-state index in [1.54, 1.807) is 13.8 Å². The minimum atomic E-state index is -1.03. The highest BCUT2D eigenvalue weighted by Crippen LogP contribution is 2.31. The fourth-order valence-electron chi connectivity index (χ4n) is 1.06. The zero-order valence-corrected chi connectivity index (χ0v) is 8.86. The van der Waals surface area contributed by atoms with Crippen molar-refractivity contribution in [2.45, 2.75) is 19.4 Å². The Morgan fingerprint density at radius 3 is 2.69 bits per heavy atom. The van der Waals surface area contributed by atoms with Crippen LogP contribution in [0.15, 0.2) is 18.2 Å². The van der Waals surface area contributed by atoms with Gasteiger partial charge in [-0.1, -0.05) is 12.0 Å². The number of benzene rings is 1. The van der Waals surface area contributed by atoms with E-state index in [9.17, 15) is 14.5 Å². The van der Waals surface area contributed by atoms with Crippen molar-refractivity contribution in [1.29, 1.82) is 0 Å². The molecule has 0 saturated heterocycles. The van der Waals surface area contributed by atoms with Gasteiger partial charge in [-0.15, -0.1) is 6.42 Å². The predicted octanol–water partition coefficient (Wildman–Crippen LogP) is 2.52. The molecule has 0 atom stereocenters. The lowest BCUT2D eigenvalue weighted by Gasteiger charge is -2.19. The Morgan fingerprint density at radius 1 is 1.56 bits per heavy atom. The standard InChI is InChI=1S/C11H10FNO3/c1-4-11(2,3)16-9-7-5-6-8(12)10(9)13(14)15/h1,5-7H,2-3H3. The molecule has 0 aliphatic heterocycles. The first-order valence-corrected chi connectivity index (χ1v) is 4.47. The molecular weight excluding hydrogens is 213 g/mol. The average molecular weight is 223 g/mol. The Hall–Kier alpha value is -2.09. The second-order valence-corrected chi connectivity index (χ2v) is 3.60. The van der Waals surface area contributed by atoms with Crippen molar-refractivity contribution in [3.05, 3.63) is 34.1 Å². The van der Waals surface area contributed by atoms with E-state index < -0.39 is 22.0 Å². The summed E-state index contributed by atoms with van der Waals surface area (Å²) in [6.07, 6.45) is 5.18. The van der Waals surface area contributed by atoms with Crippen molar-refractivity contribution in [3.8, 4) is 18.1 Å². The molecule has 1 aromatic carbocycles. The number of nitrogens with zero attached hydrogens (tertiary/aromatic N) is 1. The largest absolute Gasteiger partial charge is 0.468 e. The maximum atomic E-state index is 13.2. The highest BCUT2D eigenvalue weighted by atomic mass is 19.1. The molecule has 1 rings (SSSR count). The molecule has 0 fully saturated rings.